The minimum Gasteiger partial charge on any atom is -0.619 e. The molecule has 0 spiro atoms. The lowest BCUT2D eigenvalue weighted by atomic mass is 10.3. The summed E-state index contributed by atoms with van der Waals surface area (Å²) in [6.45, 7) is 1.44. The van der Waals surface area contributed by atoms with E-state index in [-0.39, 0.29) is 11.5 Å². The minimum atomic E-state index is -0.387. The Morgan fingerprint density at radius 2 is 2.50 bits per heavy atom. The van der Waals surface area contributed by atoms with E-state index >= 15 is 0 Å². The SMILES string of the molecule is O=C(NNC1=NCCN1)c1ccc[n+]([O-])c1. The monoisotopic (exact) mass is 221 g/mol. The van der Waals surface area contributed by atoms with Crippen LogP contribution in [-0.4, -0.2) is 25.0 Å². The van der Waals surface area contributed by atoms with Crippen LogP contribution >= 0.6 is 0 Å². The average Bonchev–Trinajstić information content (AvgIpc) is 2.78. The van der Waals surface area contributed by atoms with Crippen LogP contribution in [0.5, 0.6) is 0 Å². The Morgan fingerprint density at radius 1 is 1.62 bits per heavy atom. The number of aromatic nitrogens is 1. The number of carbonyl (C=O) groups is 1. The lowest BCUT2D eigenvalue weighted by Crippen LogP contribution is -2.46. The highest BCUT2D eigenvalue weighted by atomic mass is 16.5. The molecule has 0 saturated heterocycles. The van der Waals surface area contributed by atoms with Crippen molar-refractivity contribution >= 4 is 11.9 Å². The third-order valence-corrected chi connectivity index (χ3v) is 2.01. The summed E-state index contributed by atoms with van der Waals surface area (Å²) in [5, 5.41) is 13.9. The highest BCUT2D eigenvalue weighted by Gasteiger charge is 2.10. The van der Waals surface area contributed by atoms with Gasteiger partial charge in [-0.25, -0.2) is 0 Å². The maximum absolute atomic E-state index is 11.5. The molecule has 84 valence electrons. The summed E-state index contributed by atoms with van der Waals surface area (Å²) in [7, 11) is 0. The normalized spacial score (nSPS) is 13.9. The summed E-state index contributed by atoms with van der Waals surface area (Å²) < 4.78 is 0.570. The van der Waals surface area contributed by atoms with E-state index in [0.29, 0.717) is 17.2 Å². The van der Waals surface area contributed by atoms with Crippen LogP contribution in [0, 0.1) is 5.21 Å². The molecule has 0 atom stereocenters. The summed E-state index contributed by atoms with van der Waals surface area (Å²) in [4.78, 5) is 15.6. The zero-order chi connectivity index (χ0) is 11.4. The number of hydrogen-bond donors (Lipinski definition) is 3. The summed E-state index contributed by atoms with van der Waals surface area (Å²) in [6, 6.07) is 3.06. The van der Waals surface area contributed by atoms with Gasteiger partial charge in [0.15, 0.2) is 12.4 Å². The van der Waals surface area contributed by atoms with Crippen LogP contribution in [0.4, 0.5) is 0 Å². The first-order valence-electron chi connectivity index (χ1n) is 4.79. The Labute approximate surface area is 91.7 Å². The first kappa shape index (κ1) is 10.2. The molecule has 0 fully saturated rings. The second kappa shape index (κ2) is 4.47. The molecule has 2 rings (SSSR count). The maximum Gasteiger partial charge on any atom is 0.275 e. The van der Waals surface area contributed by atoms with Crippen molar-refractivity contribution in [1.82, 2.24) is 16.2 Å². The molecule has 0 saturated carbocycles. The number of aliphatic imine (C=N–C) groups is 1. The molecular formula is C9H11N5O2. The standard InChI is InChI=1S/C9H11N5O2/c15-8(7-2-1-5-14(16)6-7)12-13-9-10-3-4-11-9/h1-2,5-6H,3-4H2,(H,12,15)(H2,10,11,13). The van der Waals surface area contributed by atoms with Gasteiger partial charge >= 0.3 is 0 Å². The molecule has 1 aromatic rings. The van der Waals surface area contributed by atoms with Crippen molar-refractivity contribution in [3.63, 3.8) is 0 Å². The molecule has 1 aliphatic heterocycles. The van der Waals surface area contributed by atoms with Gasteiger partial charge in [0.2, 0.25) is 5.96 Å². The summed E-state index contributed by atoms with van der Waals surface area (Å²) >= 11 is 0. The fraction of sp³-hybridized carbons (Fsp3) is 0.222. The fourth-order valence-corrected chi connectivity index (χ4v) is 1.26. The topological polar surface area (TPSA) is 92.5 Å². The van der Waals surface area contributed by atoms with Crippen molar-refractivity contribution < 1.29 is 9.52 Å². The number of amides is 1. The van der Waals surface area contributed by atoms with Gasteiger partial charge in [-0.3, -0.25) is 20.6 Å². The first-order valence-corrected chi connectivity index (χ1v) is 4.79. The molecule has 0 unspecified atom stereocenters. The molecular weight excluding hydrogens is 210 g/mol. The molecule has 7 heteroatoms. The van der Waals surface area contributed by atoms with Crippen LogP contribution in [0.15, 0.2) is 29.5 Å². The molecule has 0 aromatic carbocycles. The Bertz CT molecular complexity index is 432. The van der Waals surface area contributed by atoms with E-state index < -0.39 is 0 Å². The maximum atomic E-state index is 11.5. The van der Waals surface area contributed by atoms with Crippen molar-refractivity contribution in [2.75, 3.05) is 13.1 Å². The highest BCUT2D eigenvalue weighted by molar-refractivity contribution is 5.95. The Kier molecular flexibility index (Phi) is 2.86. The molecule has 7 nitrogen and oxygen atoms in total. The number of hydrogen-bond acceptors (Lipinski definition) is 5. The van der Waals surface area contributed by atoms with Crippen LogP contribution in [0.1, 0.15) is 10.4 Å². The summed E-state index contributed by atoms with van der Waals surface area (Å²) in [5.41, 5.74) is 5.34. The van der Waals surface area contributed by atoms with Gasteiger partial charge in [0, 0.05) is 12.6 Å². The number of rotatable bonds is 1. The molecule has 0 bridgehead atoms. The second-order valence-electron chi connectivity index (χ2n) is 3.19. The highest BCUT2D eigenvalue weighted by Crippen LogP contribution is 1.92. The van der Waals surface area contributed by atoms with Gasteiger partial charge in [0.25, 0.3) is 5.91 Å². The first-order chi connectivity index (χ1) is 7.75. The van der Waals surface area contributed by atoms with E-state index in [1.807, 2.05) is 0 Å². The lowest BCUT2D eigenvalue weighted by Gasteiger charge is -2.07. The lowest BCUT2D eigenvalue weighted by molar-refractivity contribution is -0.605. The van der Waals surface area contributed by atoms with Gasteiger partial charge in [-0.2, -0.15) is 4.73 Å². The largest absolute Gasteiger partial charge is 0.619 e. The minimum absolute atomic E-state index is 0.281. The van der Waals surface area contributed by atoms with Gasteiger partial charge in [0.1, 0.15) is 5.56 Å². The number of carbonyl (C=O) groups excluding carboxylic acids is 1. The van der Waals surface area contributed by atoms with Crippen LogP contribution in [0.25, 0.3) is 0 Å². The molecule has 1 aromatic heterocycles. The van der Waals surface area contributed by atoms with Crippen LogP contribution < -0.4 is 20.9 Å². The van der Waals surface area contributed by atoms with Crippen molar-refractivity contribution in [3.05, 3.63) is 35.3 Å². The fourth-order valence-electron chi connectivity index (χ4n) is 1.26. The quantitative estimate of drug-likeness (QED) is 0.306. The van der Waals surface area contributed by atoms with E-state index in [1.165, 1.54) is 18.5 Å². The Balaban J connectivity index is 1.92. The third kappa shape index (κ3) is 2.38. The van der Waals surface area contributed by atoms with Gasteiger partial charge in [-0.1, -0.05) is 0 Å². The van der Waals surface area contributed by atoms with E-state index in [1.54, 1.807) is 6.07 Å². The molecule has 1 aliphatic rings. The van der Waals surface area contributed by atoms with Crippen LogP contribution in [-0.2, 0) is 0 Å². The predicted molar refractivity (Wildman–Crippen MR) is 56.3 cm³/mol. The third-order valence-electron chi connectivity index (χ3n) is 2.01. The average molecular weight is 221 g/mol. The van der Waals surface area contributed by atoms with Gasteiger partial charge in [0.05, 0.1) is 6.54 Å². The molecule has 16 heavy (non-hydrogen) atoms. The van der Waals surface area contributed by atoms with Crippen molar-refractivity contribution in [2.45, 2.75) is 0 Å². The summed E-state index contributed by atoms with van der Waals surface area (Å²) in [5.74, 6) is 0.140. The van der Waals surface area contributed by atoms with Gasteiger partial charge in [-0.15, -0.1) is 0 Å². The number of nitrogens with one attached hydrogen (secondary N) is 3. The number of hydrazine groups is 1. The Hall–Kier alpha value is -2.31. The van der Waals surface area contributed by atoms with E-state index in [0.717, 1.165) is 6.54 Å². The number of guanidine groups is 1. The molecule has 2 heterocycles. The molecule has 1 amide bonds. The van der Waals surface area contributed by atoms with Crippen molar-refractivity contribution in [1.29, 1.82) is 0 Å². The van der Waals surface area contributed by atoms with Crippen molar-refractivity contribution in [2.24, 2.45) is 4.99 Å². The smallest absolute Gasteiger partial charge is 0.275 e. The molecule has 3 N–H and O–H groups in total. The van der Waals surface area contributed by atoms with Gasteiger partial charge < -0.3 is 10.5 Å². The predicted octanol–water partition coefficient (Wildman–Crippen LogP) is -1.49. The zero-order valence-electron chi connectivity index (χ0n) is 8.43. The summed E-state index contributed by atoms with van der Waals surface area (Å²) in [6.07, 6.45) is 2.51. The number of nitrogens with zero attached hydrogens (tertiary/aromatic N) is 2. The Morgan fingerprint density at radius 3 is 3.19 bits per heavy atom. The van der Waals surface area contributed by atoms with E-state index in [4.69, 9.17) is 0 Å². The molecule has 0 radical (unpaired) electrons. The van der Waals surface area contributed by atoms with E-state index in [2.05, 4.69) is 21.2 Å². The van der Waals surface area contributed by atoms with Crippen LogP contribution in [0.3, 0.4) is 0 Å². The second-order valence-corrected chi connectivity index (χ2v) is 3.19. The molecule has 0 aliphatic carbocycles. The van der Waals surface area contributed by atoms with Crippen molar-refractivity contribution in [3.8, 4) is 0 Å². The zero-order valence-corrected chi connectivity index (χ0v) is 8.43. The van der Waals surface area contributed by atoms with E-state index in [9.17, 15) is 10.0 Å². The van der Waals surface area contributed by atoms with Gasteiger partial charge in [-0.05, 0) is 6.07 Å². The van der Waals surface area contributed by atoms with Crippen LogP contribution in [0.2, 0.25) is 0 Å². The number of pyridine rings is 1.